The number of nitrogens with one attached hydrogen (secondary N) is 1. The molecule has 6 nitrogen and oxygen atoms in total. The van der Waals surface area contributed by atoms with Crippen LogP contribution < -0.4 is 0 Å². The van der Waals surface area contributed by atoms with E-state index in [0.717, 1.165) is 20.4 Å². The Morgan fingerprint density at radius 2 is 2.00 bits per heavy atom. The average molecular weight is 286 g/mol. The van der Waals surface area contributed by atoms with E-state index < -0.39 is 37.0 Å². The van der Waals surface area contributed by atoms with Gasteiger partial charge < -0.3 is 9.05 Å². The van der Waals surface area contributed by atoms with Crippen molar-refractivity contribution in [2.75, 3.05) is 20.4 Å². The molecule has 0 radical (unpaired) electrons. The Hall–Kier alpha value is -1.18. The molecule has 1 rings (SSSR count). The van der Waals surface area contributed by atoms with Crippen molar-refractivity contribution >= 4 is 13.4 Å². The van der Waals surface area contributed by atoms with Gasteiger partial charge in [0.05, 0.1) is 11.8 Å². The van der Waals surface area contributed by atoms with Crippen LogP contribution in [0.5, 0.6) is 0 Å². The van der Waals surface area contributed by atoms with Gasteiger partial charge in [-0.05, 0) is 0 Å². The quantitative estimate of drug-likeness (QED) is 0.662. The van der Waals surface area contributed by atoms with Crippen molar-refractivity contribution < 1.29 is 31.6 Å². The first-order valence-corrected chi connectivity index (χ1v) is 6.30. The Kier molecular flexibility index (Phi) is 4.31. The normalized spacial score (nSPS) is 12.7. The van der Waals surface area contributed by atoms with Crippen molar-refractivity contribution in [3.05, 3.63) is 17.5 Å². The lowest BCUT2D eigenvalue weighted by Crippen LogP contribution is -2.15. The summed E-state index contributed by atoms with van der Waals surface area (Å²) < 4.78 is 58.1. The third kappa shape index (κ3) is 3.18. The number of nitrogens with zero attached hydrogens (tertiary/aromatic N) is 1. The highest BCUT2D eigenvalue weighted by Crippen LogP contribution is 2.47. The maximum atomic E-state index is 12.5. The summed E-state index contributed by atoms with van der Waals surface area (Å²) in [6.07, 6.45) is -4.81. The summed E-state index contributed by atoms with van der Waals surface area (Å²) in [5.74, 6) is -1.02. The average Bonchev–Trinajstić information content (AvgIpc) is 2.77. The molecule has 0 aromatic carbocycles. The fourth-order valence-corrected chi connectivity index (χ4v) is 2.11. The second-order valence-corrected chi connectivity index (χ2v) is 5.48. The van der Waals surface area contributed by atoms with Gasteiger partial charge in [0, 0.05) is 14.2 Å². The highest BCUT2D eigenvalue weighted by atomic mass is 31.2. The Morgan fingerprint density at radius 1 is 1.44 bits per heavy atom. The molecule has 1 aromatic heterocycles. The molecule has 1 heterocycles. The zero-order valence-electron chi connectivity index (χ0n) is 9.45. The smallest absolute Gasteiger partial charge is 0.312 e. The Labute approximate surface area is 100 Å². The van der Waals surface area contributed by atoms with Gasteiger partial charge >= 0.3 is 13.8 Å². The first-order chi connectivity index (χ1) is 8.23. The highest BCUT2D eigenvalue weighted by molar-refractivity contribution is 7.54. The van der Waals surface area contributed by atoms with Crippen LogP contribution in [0.25, 0.3) is 0 Å². The van der Waals surface area contributed by atoms with Crippen LogP contribution in [0.3, 0.4) is 0 Å². The molecule has 1 N–H and O–H groups in total. The Morgan fingerprint density at radius 3 is 2.44 bits per heavy atom. The number of ketones is 1. The molecule has 0 bridgehead atoms. The number of carbonyl (C=O) groups excluding carboxylic acids is 1. The third-order valence-electron chi connectivity index (χ3n) is 2.12. The Bertz CT molecular complexity index is 477. The van der Waals surface area contributed by atoms with E-state index in [9.17, 15) is 22.5 Å². The molecule has 0 amide bonds. The van der Waals surface area contributed by atoms with E-state index in [0.29, 0.717) is 0 Å². The minimum atomic E-state index is -4.74. The zero-order valence-corrected chi connectivity index (χ0v) is 10.3. The van der Waals surface area contributed by atoms with Gasteiger partial charge in [-0.3, -0.25) is 14.5 Å². The lowest BCUT2D eigenvalue weighted by atomic mass is 10.2. The van der Waals surface area contributed by atoms with E-state index >= 15 is 0 Å². The number of rotatable bonds is 5. The molecule has 18 heavy (non-hydrogen) atoms. The number of aromatic amines is 1. The number of Topliss-reactive ketones (excluding diaryl/α,β-unsaturated/α-hetero) is 1. The number of halogens is 3. The standard InChI is InChI=1S/C8H10F3N2O4P/c1-16-18(15,17-2)4-6(14)5-3-12-13-7(5)8(9,10)11/h3H,4H2,1-2H3,(H,12,13). The van der Waals surface area contributed by atoms with Gasteiger partial charge in [-0.25, -0.2) is 0 Å². The maximum absolute atomic E-state index is 12.5. The van der Waals surface area contributed by atoms with Gasteiger partial charge in [0.25, 0.3) is 0 Å². The molecule has 0 spiro atoms. The van der Waals surface area contributed by atoms with Gasteiger partial charge in [0.15, 0.2) is 5.78 Å². The van der Waals surface area contributed by atoms with Crippen LogP contribution in [0, 0.1) is 0 Å². The number of aromatic nitrogens is 2. The minimum Gasteiger partial charge on any atom is -0.312 e. The lowest BCUT2D eigenvalue weighted by molar-refractivity contribution is -0.141. The van der Waals surface area contributed by atoms with Gasteiger partial charge in [-0.1, -0.05) is 0 Å². The summed E-state index contributed by atoms with van der Waals surface area (Å²) in [5.41, 5.74) is -1.98. The van der Waals surface area contributed by atoms with Crippen molar-refractivity contribution in [1.82, 2.24) is 10.2 Å². The molecule has 10 heteroatoms. The van der Waals surface area contributed by atoms with Crippen molar-refractivity contribution in [1.29, 1.82) is 0 Å². The van der Waals surface area contributed by atoms with E-state index in [1.807, 2.05) is 0 Å². The molecule has 0 aliphatic rings. The fourth-order valence-electron chi connectivity index (χ4n) is 1.18. The molecule has 0 saturated heterocycles. The van der Waals surface area contributed by atoms with Crippen molar-refractivity contribution in [2.24, 2.45) is 0 Å². The van der Waals surface area contributed by atoms with Crippen LogP contribution in [0.15, 0.2) is 6.20 Å². The number of alkyl halides is 3. The summed E-state index contributed by atoms with van der Waals surface area (Å²) >= 11 is 0. The van der Waals surface area contributed by atoms with Crippen LogP contribution in [0.2, 0.25) is 0 Å². The first kappa shape index (κ1) is 14.9. The predicted octanol–water partition coefficient (Wildman–Crippen LogP) is 2.10. The Balaban J connectivity index is 3.00. The van der Waals surface area contributed by atoms with E-state index in [1.54, 1.807) is 5.10 Å². The highest BCUT2D eigenvalue weighted by Gasteiger charge is 2.39. The predicted molar refractivity (Wildman–Crippen MR) is 54.4 cm³/mol. The summed E-state index contributed by atoms with van der Waals surface area (Å²) in [7, 11) is -1.63. The van der Waals surface area contributed by atoms with E-state index in [2.05, 4.69) is 14.1 Å². The fraction of sp³-hybridized carbons (Fsp3) is 0.500. The summed E-state index contributed by atoms with van der Waals surface area (Å²) in [4.78, 5) is 11.6. The van der Waals surface area contributed by atoms with Crippen LogP contribution in [0.4, 0.5) is 13.2 Å². The maximum Gasteiger partial charge on any atom is 0.433 e. The van der Waals surface area contributed by atoms with Crippen molar-refractivity contribution in [2.45, 2.75) is 6.18 Å². The number of carbonyl (C=O) groups is 1. The monoisotopic (exact) mass is 286 g/mol. The number of hydrogen-bond donors (Lipinski definition) is 1. The van der Waals surface area contributed by atoms with Gasteiger partial charge in [-0.15, -0.1) is 0 Å². The molecule has 0 atom stereocenters. The molecule has 102 valence electrons. The largest absolute Gasteiger partial charge is 0.433 e. The molecule has 1 aromatic rings. The molecule has 0 fully saturated rings. The molecular weight excluding hydrogens is 276 g/mol. The van der Waals surface area contributed by atoms with Crippen LogP contribution in [0.1, 0.15) is 16.1 Å². The van der Waals surface area contributed by atoms with E-state index in [4.69, 9.17) is 0 Å². The van der Waals surface area contributed by atoms with Crippen LogP contribution in [-0.4, -0.2) is 36.4 Å². The first-order valence-electron chi connectivity index (χ1n) is 4.58. The third-order valence-corrected chi connectivity index (χ3v) is 3.90. The van der Waals surface area contributed by atoms with Gasteiger partial charge in [-0.2, -0.15) is 18.3 Å². The summed E-state index contributed by atoms with van der Waals surface area (Å²) in [6, 6.07) is 0. The molecule has 0 saturated carbocycles. The zero-order chi connectivity index (χ0) is 14.0. The topological polar surface area (TPSA) is 81.3 Å². The number of hydrogen-bond acceptors (Lipinski definition) is 5. The molecule has 0 aliphatic heterocycles. The summed E-state index contributed by atoms with van der Waals surface area (Å²) in [5, 5.41) is 4.84. The molecule has 0 unspecified atom stereocenters. The SMILES string of the molecule is COP(=O)(CC(=O)c1cn[nH]c1C(F)(F)F)OC. The number of H-pyrrole nitrogens is 1. The molecular formula is C8H10F3N2O4P. The minimum absolute atomic E-state index is 0.697. The van der Waals surface area contributed by atoms with E-state index in [-0.39, 0.29) is 0 Å². The van der Waals surface area contributed by atoms with Crippen LogP contribution >= 0.6 is 7.60 Å². The van der Waals surface area contributed by atoms with Gasteiger partial charge in [0.1, 0.15) is 11.9 Å². The second-order valence-electron chi connectivity index (χ2n) is 3.21. The van der Waals surface area contributed by atoms with Crippen LogP contribution in [-0.2, 0) is 19.8 Å². The second kappa shape index (κ2) is 5.21. The lowest BCUT2D eigenvalue weighted by Gasteiger charge is -2.12. The van der Waals surface area contributed by atoms with E-state index in [1.165, 1.54) is 0 Å². The molecule has 0 aliphatic carbocycles. The summed E-state index contributed by atoms with van der Waals surface area (Å²) in [6.45, 7) is 0. The van der Waals surface area contributed by atoms with Gasteiger partial charge in [0.2, 0.25) is 0 Å². The van der Waals surface area contributed by atoms with Crippen molar-refractivity contribution in [3.8, 4) is 0 Å². The van der Waals surface area contributed by atoms with Crippen molar-refractivity contribution in [3.63, 3.8) is 0 Å².